The lowest BCUT2D eigenvalue weighted by Gasteiger charge is -2.12. The zero-order valence-corrected chi connectivity index (χ0v) is 11.1. The first-order valence-electron chi connectivity index (χ1n) is 6.63. The Kier molecular flexibility index (Phi) is 3.46. The second kappa shape index (κ2) is 5.57. The molecule has 0 unspecified atom stereocenters. The van der Waals surface area contributed by atoms with E-state index in [1.807, 2.05) is 59.3 Å². The molecule has 0 radical (unpaired) electrons. The van der Waals surface area contributed by atoms with E-state index in [9.17, 15) is 5.11 Å². The van der Waals surface area contributed by atoms with Crippen molar-refractivity contribution in [2.24, 2.45) is 0 Å². The third kappa shape index (κ3) is 2.54. The van der Waals surface area contributed by atoms with Crippen LogP contribution in [-0.2, 0) is 6.54 Å². The van der Waals surface area contributed by atoms with Crippen LogP contribution < -0.4 is 9.67 Å². The molecule has 0 amide bonds. The van der Waals surface area contributed by atoms with Crippen molar-refractivity contribution in [1.29, 1.82) is 0 Å². The van der Waals surface area contributed by atoms with Crippen LogP contribution in [-0.4, -0.2) is 0 Å². The van der Waals surface area contributed by atoms with Gasteiger partial charge in [-0.3, -0.25) is 0 Å². The average Bonchev–Trinajstić information content (AvgIpc) is 2.49. The molecular formula is C18H15NO. The number of pyridine rings is 1. The molecule has 3 rings (SSSR count). The van der Waals surface area contributed by atoms with Gasteiger partial charge in [0.2, 0.25) is 5.69 Å². The summed E-state index contributed by atoms with van der Waals surface area (Å²) in [5.41, 5.74) is 2.87. The smallest absolute Gasteiger partial charge is 0.204 e. The molecule has 2 heteroatoms. The van der Waals surface area contributed by atoms with Gasteiger partial charge in [-0.2, -0.15) is 4.57 Å². The van der Waals surface area contributed by atoms with Crippen molar-refractivity contribution < 1.29 is 9.67 Å². The van der Waals surface area contributed by atoms with Gasteiger partial charge in [0.1, 0.15) is 0 Å². The summed E-state index contributed by atoms with van der Waals surface area (Å²) in [6.45, 7) is 0.696. The molecule has 98 valence electrons. The Hall–Kier alpha value is -2.61. The molecule has 20 heavy (non-hydrogen) atoms. The number of hydrogen-bond donors (Lipinski definition) is 0. The van der Waals surface area contributed by atoms with Crippen molar-refractivity contribution in [3.8, 4) is 17.0 Å². The van der Waals surface area contributed by atoms with Crippen molar-refractivity contribution in [1.82, 2.24) is 0 Å². The second-order valence-electron chi connectivity index (χ2n) is 4.70. The minimum atomic E-state index is 0.0506. The van der Waals surface area contributed by atoms with E-state index in [1.54, 1.807) is 12.1 Å². The Morgan fingerprint density at radius 3 is 2.10 bits per heavy atom. The van der Waals surface area contributed by atoms with Crippen molar-refractivity contribution in [2.45, 2.75) is 6.54 Å². The molecule has 2 nitrogen and oxygen atoms in total. The molecule has 2 aromatic carbocycles. The first-order valence-corrected chi connectivity index (χ1v) is 6.63. The summed E-state index contributed by atoms with van der Waals surface area (Å²) >= 11 is 0. The highest BCUT2D eigenvalue weighted by molar-refractivity contribution is 5.61. The fraction of sp³-hybridized carbons (Fsp3) is 0.0556. The predicted octanol–water partition coefficient (Wildman–Crippen LogP) is 2.76. The van der Waals surface area contributed by atoms with Crippen molar-refractivity contribution in [3.05, 3.63) is 84.6 Å². The molecular weight excluding hydrogens is 246 g/mol. The van der Waals surface area contributed by atoms with Crippen LogP contribution in [0.5, 0.6) is 5.75 Å². The van der Waals surface area contributed by atoms with Crippen molar-refractivity contribution >= 4 is 0 Å². The summed E-state index contributed by atoms with van der Waals surface area (Å²) in [6.07, 6.45) is 1.96. The number of nitrogens with zero attached hydrogens (tertiary/aromatic N) is 1. The fourth-order valence-corrected chi connectivity index (χ4v) is 2.35. The molecule has 0 bridgehead atoms. The lowest BCUT2D eigenvalue weighted by Crippen LogP contribution is -2.37. The lowest BCUT2D eigenvalue weighted by atomic mass is 10.1. The van der Waals surface area contributed by atoms with E-state index >= 15 is 0 Å². The van der Waals surface area contributed by atoms with Crippen LogP contribution in [0.15, 0.2) is 79.0 Å². The Balaban J connectivity index is 2.06. The quantitative estimate of drug-likeness (QED) is 0.666. The van der Waals surface area contributed by atoms with Gasteiger partial charge in [-0.25, -0.2) is 0 Å². The van der Waals surface area contributed by atoms with Crippen LogP contribution in [0.1, 0.15) is 5.56 Å². The molecule has 1 aromatic heterocycles. The topological polar surface area (TPSA) is 26.9 Å². The van der Waals surface area contributed by atoms with Crippen LogP contribution >= 0.6 is 0 Å². The first kappa shape index (κ1) is 12.4. The Labute approximate surface area is 118 Å². The minimum absolute atomic E-state index is 0.0506. The van der Waals surface area contributed by atoms with E-state index in [2.05, 4.69) is 12.1 Å². The molecule has 1 heterocycles. The molecule has 3 aromatic rings. The Morgan fingerprint density at radius 1 is 0.750 bits per heavy atom. The van der Waals surface area contributed by atoms with Gasteiger partial charge < -0.3 is 5.11 Å². The molecule has 0 atom stereocenters. The van der Waals surface area contributed by atoms with Crippen LogP contribution in [0.2, 0.25) is 0 Å². The maximum absolute atomic E-state index is 12.2. The number of hydrogen-bond acceptors (Lipinski definition) is 1. The van der Waals surface area contributed by atoms with Crippen molar-refractivity contribution in [2.75, 3.05) is 0 Å². The number of benzene rings is 2. The van der Waals surface area contributed by atoms with Crippen LogP contribution in [0.25, 0.3) is 11.3 Å². The molecule has 0 fully saturated rings. The highest BCUT2D eigenvalue weighted by atomic mass is 16.3. The van der Waals surface area contributed by atoms with Gasteiger partial charge in [0, 0.05) is 17.2 Å². The largest absolute Gasteiger partial charge is 0.868 e. The molecule has 0 aliphatic carbocycles. The normalized spacial score (nSPS) is 10.4. The molecule has 0 aliphatic heterocycles. The zero-order chi connectivity index (χ0) is 13.8. The summed E-state index contributed by atoms with van der Waals surface area (Å²) < 4.78 is 2.01. The Bertz CT molecular complexity index is 693. The number of aromatic nitrogens is 1. The maximum atomic E-state index is 12.2. The van der Waals surface area contributed by atoms with Gasteiger partial charge in [0.25, 0.3) is 0 Å². The van der Waals surface area contributed by atoms with Gasteiger partial charge in [-0.1, -0.05) is 54.6 Å². The summed E-state index contributed by atoms with van der Waals surface area (Å²) in [4.78, 5) is 0. The van der Waals surface area contributed by atoms with Gasteiger partial charge in [0.05, 0.1) is 0 Å². The third-order valence-electron chi connectivity index (χ3n) is 3.28. The average molecular weight is 261 g/mol. The summed E-state index contributed by atoms with van der Waals surface area (Å²) in [6, 6.07) is 23.4. The number of rotatable bonds is 3. The van der Waals surface area contributed by atoms with Crippen LogP contribution in [0, 0.1) is 0 Å². The molecule has 0 spiro atoms. The Morgan fingerprint density at radius 2 is 1.40 bits per heavy atom. The fourth-order valence-electron chi connectivity index (χ4n) is 2.35. The van der Waals surface area contributed by atoms with E-state index in [-0.39, 0.29) is 5.75 Å². The van der Waals surface area contributed by atoms with E-state index in [0.717, 1.165) is 11.3 Å². The zero-order valence-electron chi connectivity index (χ0n) is 11.1. The van der Waals surface area contributed by atoms with E-state index in [1.165, 1.54) is 5.56 Å². The summed E-state index contributed by atoms with van der Waals surface area (Å²) in [5, 5.41) is 12.2. The van der Waals surface area contributed by atoms with Gasteiger partial charge in [-0.05, 0) is 17.9 Å². The van der Waals surface area contributed by atoms with Crippen LogP contribution in [0.3, 0.4) is 0 Å². The molecule has 0 saturated heterocycles. The summed E-state index contributed by atoms with van der Waals surface area (Å²) in [5.74, 6) is 0.0506. The minimum Gasteiger partial charge on any atom is -0.868 e. The van der Waals surface area contributed by atoms with Gasteiger partial charge in [0.15, 0.2) is 12.7 Å². The molecule has 0 N–H and O–H groups in total. The predicted molar refractivity (Wildman–Crippen MR) is 77.1 cm³/mol. The maximum Gasteiger partial charge on any atom is 0.204 e. The molecule has 0 aliphatic rings. The van der Waals surface area contributed by atoms with Crippen LogP contribution in [0.4, 0.5) is 0 Å². The third-order valence-corrected chi connectivity index (χ3v) is 3.28. The highest BCUT2D eigenvalue weighted by Gasteiger charge is 2.13. The van der Waals surface area contributed by atoms with Gasteiger partial charge >= 0.3 is 0 Å². The standard InChI is InChI=1S/C18H15NO/c20-17-12-7-13-19(14-15-8-3-1-4-9-15)18(17)16-10-5-2-6-11-16/h1-13H,14H2. The lowest BCUT2D eigenvalue weighted by molar-refractivity contribution is -0.679. The van der Waals surface area contributed by atoms with Gasteiger partial charge in [-0.15, -0.1) is 0 Å². The second-order valence-corrected chi connectivity index (χ2v) is 4.70. The monoisotopic (exact) mass is 261 g/mol. The van der Waals surface area contributed by atoms with Crippen molar-refractivity contribution in [3.63, 3.8) is 0 Å². The summed E-state index contributed by atoms with van der Waals surface area (Å²) in [7, 11) is 0. The van der Waals surface area contributed by atoms with E-state index < -0.39 is 0 Å². The van der Waals surface area contributed by atoms with E-state index in [4.69, 9.17) is 0 Å². The first-order chi connectivity index (χ1) is 9.84. The van der Waals surface area contributed by atoms with E-state index in [0.29, 0.717) is 6.54 Å². The molecule has 0 saturated carbocycles. The highest BCUT2D eigenvalue weighted by Crippen LogP contribution is 2.22. The SMILES string of the molecule is [O-]c1ccc[n+](Cc2ccccc2)c1-c1ccccc1.